The number of carbonyl (C=O) groups is 3. The first kappa shape index (κ1) is 49.4. The molecule has 0 saturated heterocycles. The fourth-order valence-electron chi connectivity index (χ4n) is 6.94. The highest BCUT2D eigenvalue weighted by atomic mass is 32.2. The predicted octanol–water partition coefficient (Wildman–Crippen LogP) is 9.24. The zero-order valence-corrected chi connectivity index (χ0v) is 40.4. The van der Waals surface area contributed by atoms with Crippen molar-refractivity contribution in [2.75, 3.05) is 36.1 Å². The summed E-state index contributed by atoms with van der Waals surface area (Å²) in [6.45, 7) is 13.9. The molecule has 7 N–H and O–H groups in total. The number of aromatic nitrogens is 1. The van der Waals surface area contributed by atoms with Crippen molar-refractivity contribution in [3.63, 3.8) is 0 Å². The Morgan fingerprint density at radius 1 is 0.940 bits per heavy atom. The van der Waals surface area contributed by atoms with Gasteiger partial charge in [0.25, 0.3) is 11.8 Å². The van der Waals surface area contributed by atoms with Crippen LogP contribution in [-0.4, -0.2) is 65.2 Å². The van der Waals surface area contributed by atoms with Crippen molar-refractivity contribution in [1.29, 1.82) is 0 Å². The van der Waals surface area contributed by atoms with Gasteiger partial charge in [0.15, 0.2) is 8.32 Å². The van der Waals surface area contributed by atoms with Crippen LogP contribution in [0.2, 0.25) is 18.1 Å². The van der Waals surface area contributed by atoms with Gasteiger partial charge in [-0.25, -0.2) is 8.42 Å². The molecule has 1 aromatic heterocycles. The van der Waals surface area contributed by atoms with Crippen LogP contribution >= 0.6 is 0 Å². The van der Waals surface area contributed by atoms with E-state index in [-0.39, 0.29) is 43.5 Å². The number of sulfone groups is 1. The maximum atomic E-state index is 14.2. The van der Waals surface area contributed by atoms with Gasteiger partial charge in [-0.2, -0.15) is 0 Å². The van der Waals surface area contributed by atoms with Crippen molar-refractivity contribution in [2.24, 2.45) is 5.73 Å². The van der Waals surface area contributed by atoms with E-state index in [9.17, 15) is 27.9 Å². The van der Waals surface area contributed by atoms with Crippen LogP contribution in [0.5, 0.6) is 11.5 Å². The Morgan fingerprint density at radius 3 is 2.39 bits per heavy atom. The summed E-state index contributed by atoms with van der Waals surface area (Å²) in [6, 6.07) is 28.0. The molecular weight excluding hydrogens is 885 g/mol. The molecule has 5 aromatic carbocycles. The molecule has 1 heterocycles. The Labute approximate surface area is 392 Å². The van der Waals surface area contributed by atoms with Gasteiger partial charge in [-0.3, -0.25) is 19.4 Å². The zero-order valence-electron chi connectivity index (χ0n) is 38.6. The highest BCUT2D eigenvalue weighted by Crippen LogP contribution is 2.41. The number of benzene rings is 5. The first-order chi connectivity index (χ1) is 31.8. The van der Waals surface area contributed by atoms with Crippen LogP contribution < -0.4 is 31.7 Å². The van der Waals surface area contributed by atoms with Gasteiger partial charge in [0.2, 0.25) is 16.2 Å². The van der Waals surface area contributed by atoms with E-state index < -0.39 is 30.0 Å². The minimum Gasteiger partial charge on any atom is -0.506 e. The van der Waals surface area contributed by atoms with Gasteiger partial charge >= 0.3 is 0 Å². The van der Waals surface area contributed by atoms with Crippen LogP contribution in [0.1, 0.15) is 77.1 Å². The number of hydrogen-bond acceptors (Lipinski definition) is 11. The van der Waals surface area contributed by atoms with Crippen molar-refractivity contribution in [2.45, 2.75) is 74.6 Å². The third-order valence-electron chi connectivity index (χ3n) is 11.7. The molecule has 0 aliphatic carbocycles. The molecule has 0 bridgehead atoms. The Bertz CT molecular complexity index is 2980. The maximum Gasteiger partial charge on any atom is 0.255 e. The number of hydrogen-bond donors (Lipinski definition) is 6. The topological polar surface area (TPSA) is 211 Å². The van der Waals surface area contributed by atoms with Crippen LogP contribution in [-0.2, 0) is 19.1 Å². The van der Waals surface area contributed by atoms with Crippen LogP contribution in [0, 0.1) is 18.8 Å². The molecule has 14 nitrogen and oxygen atoms in total. The summed E-state index contributed by atoms with van der Waals surface area (Å²) in [5.74, 6) is 5.67. The number of primary amides is 1. The van der Waals surface area contributed by atoms with Crippen LogP contribution in [0.4, 0.5) is 22.7 Å². The van der Waals surface area contributed by atoms with Gasteiger partial charge in [-0.05, 0) is 128 Å². The first-order valence-corrected chi connectivity index (χ1v) is 26.0. The monoisotopic (exact) mass is 940 g/mol. The van der Waals surface area contributed by atoms with E-state index in [4.69, 9.17) is 14.9 Å². The van der Waals surface area contributed by atoms with E-state index in [0.717, 1.165) is 17.5 Å². The summed E-state index contributed by atoms with van der Waals surface area (Å²) in [4.78, 5) is 41.4. The lowest BCUT2D eigenvalue weighted by atomic mass is 10.1. The second-order valence-electron chi connectivity index (χ2n) is 17.5. The summed E-state index contributed by atoms with van der Waals surface area (Å²) in [5.41, 5.74) is 10.3. The summed E-state index contributed by atoms with van der Waals surface area (Å²) in [7, 11) is -4.82. The lowest BCUT2D eigenvalue weighted by molar-refractivity contribution is -0.105. The zero-order chi connectivity index (χ0) is 48.5. The molecule has 0 fully saturated rings. The van der Waals surface area contributed by atoms with Crippen molar-refractivity contribution in [3.05, 3.63) is 137 Å². The number of rotatable bonds is 18. The third kappa shape index (κ3) is 12.1. The van der Waals surface area contributed by atoms with E-state index in [0.29, 0.717) is 65.2 Å². The number of aromatic hydroxyl groups is 1. The number of amides is 3. The Morgan fingerprint density at radius 2 is 1.69 bits per heavy atom. The van der Waals surface area contributed by atoms with Crippen molar-refractivity contribution in [1.82, 2.24) is 10.3 Å². The molecule has 0 spiro atoms. The van der Waals surface area contributed by atoms with Gasteiger partial charge < -0.3 is 41.3 Å². The minimum atomic E-state index is -4.18. The molecule has 0 aliphatic heterocycles. The number of anilines is 4. The average molecular weight is 941 g/mol. The fourth-order valence-corrected chi connectivity index (χ4v) is 9.64. The number of phenolic OH excluding ortho intramolecular Hbond substituents is 1. The number of pyridine rings is 1. The number of fused-ring (bicyclic) bond motifs is 1. The van der Waals surface area contributed by atoms with Gasteiger partial charge in [0.1, 0.15) is 11.5 Å². The second kappa shape index (κ2) is 21.1. The molecule has 1 atom stereocenters. The lowest BCUT2D eigenvalue weighted by Crippen LogP contribution is -2.43. The maximum absolute atomic E-state index is 14.2. The standard InChI is InChI=1S/C51H56N6O8SSi/c1-33-25-41(29-42-47(33)54-30-43(49(52)60)48(42)56-38-15-12-16-39(28-38)64-5)66(62,63)40-17-11-14-36(26-40)50(61)57-37-21-18-34(19-22-37)13-9-8-10-24-53-31-46(65-67(6,7)51(2,3)4)35-20-23-45(59)44(27-35)55-32-58/h11-12,14-23,25-30,32,46,53,59H,8,10,24,31H2,1-7H3,(H2,52,60)(H,54,56)(H,55,58)(H,57,61)/t46-/m0/s1. The molecule has 0 saturated carbocycles. The Kier molecular flexibility index (Phi) is 15.5. The number of unbranched alkanes of at least 4 members (excludes halogenated alkanes) is 1. The van der Waals surface area contributed by atoms with Gasteiger partial charge in [-0.15, -0.1) is 0 Å². The second-order valence-corrected chi connectivity index (χ2v) is 24.2. The van der Waals surface area contributed by atoms with E-state index >= 15 is 0 Å². The molecular formula is C51H56N6O8SSi. The predicted molar refractivity (Wildman–Crippen MR) is 265 cm³/mol. The summed E-state index contributed by atoms with van der Waals surface area (Å²) < 4.78 is 40.5. The largest absolute Gasteiger partial charge is 0.506 e. The molecule has 16 heteroatoms. The van der Waals surface area contributed by atoms with Crippen molar-refractivity contribution in [3.8, 4) is 23.3 Å². The fraction of sp³-hybridized carbons (Fsp3) is 0.255. The Hall–Kier alpha value is -7.03. The number of nitrogens with two attached hydrogens (primary N) is 1. The molecule has 67 heavy (non-hydrogen) atoms. The van der Waals surface area contributed by atoms with E-state index in [2.05, 4.69) is 72.0 Å². The summed E-state index contributed by atoms with van der Waals surface area (Å²) in [5, 5.41) is 22.6. The normalized spacial score (nSPS) is 12.1. The quantitative estimate of drug-likeness (QED) is 0.0157. The van der Waals surface area contributed by atoms with Crippen molar-refractivity contribution >= 4 is 70.0 Å². The number of ether oxygens (including phenoxy) is 1. The summed E-state index contributed by atoms with van der Waals surface area (Å²) in [6.07, 6.45) is 3.02. The molecule has 3 amide bonds. The van der Waals surface area contributed by atoms with Crippen LogP contribution in [0.15, 0.2) is 119 Å². The minimum absolute atomic E-state index is 0.0172. The first-order valence-electron chi connectivity index (χ1n) is 21.6. The van der Waals surface area contributed by atoms with E-state index in [1.165, 1.54) is 49.7 Å². The lowest BCUT2D eigenvalue weighted by Gasteiger charge is -2.39. The van der Waals surface area contributed by atoms with E-state index in [1.807, 2.05) is 6.07 Å². The van der Waals surface area contributed by atoms with E-state index in [1.54, 1.807) is 67.6 Å². The molecule has 6 aromatic rings. The SMILES string of the molecule is COc1cccc(Nc2c(C(N)=O)cnc3c(C)cc(S(=O)(=O)c4cccc(C(=O)Nc5ccc(C#CCCCNC[C@H](O[Si](C)(C)C(C)(C)C)c6ccc(O)c(NC=O)c6)cc5)c4)cc23)c1. The molecule has 348 valence electrons. The van der Waals surface area contributed by atoms with Gasteiger partial charge in [-0.1, -0.05) is 50.8 Å². The number of nitrogens with one attached hydrogen (secondary N) is 4. The highest BCUT2D eigenvalue weighted by Gasteiger charge is 2.39. The number of methoxy groups -OCH3 is 1. The Balaban J connectivity index is 1.08. The summed E-state index contributed by atoms with van der Waals surface area (Å²) >= 11 is 0. The molecule has 0 radical (unpaired) electrons. The highest BCUT2D eigenvalue weighted by molar-refractivity contribution is 7.91. The number of carbonyl (C=O) groups excluding carboxylic acids is 3. The van der Waals surface area contributed by atoms with Crippen LogP contribution in [0.25, 0.3) is 10.9 Å². The smallest absolute Gasteiger partial charge is 0.255 e. The average Bonchev–Trinajstić information content (AvgIpc) is 3.29. The number of phenols is 1. The van der Waals surface area contributed by atoms with Gasteiger partial charge in [0.05, 0.1) is 45.5 Å². The molecule has 0 aliphatic rings. The molecule has 6 rings (SSSR count). The third-order valence-corrected chi connectivity index (χ3v) is 17.9. The molecule has 0 unspecified atom stereocenters. The van der Waals surface area contributed by atoms with Crippen molar-refractivity contribution < 1.29 is 37.1 Å². The van der Waals surface area contributed by atoms with Crippen LogP contribution in [0.3, 0.4) is 0 Å². The number of nitrogens with zero attached hydrogens (tertiary/aromatic N) is 1. The van der Waals surface area contributed by atoms with Gasteiger partial charge in [0, 0.05) is 53.1 Å². The number of aryl methyl sites for hydroxylation is 1.